The molecular weight excluding hydrogens is 400 g/mol. The summed E-state index contributed by atoms with van der Waals surface area (Å²) in [5, 5.41) is 6.84. The number of nitrogens with one attached hydrogen (secondary N) is 1. The molecule has 1 aromatic heterocycles. The topological polar surface area (TPSA) is 73.3 Å². The van der Waals surface area contributed by atoms with E-state index < -0.39 is 0 Å². The number of ether oxygens (including phenoxy) is 1. The lowest BCUT2D eigenvalue weighted by molar-refractivity contribution is -0.140. The zero-order valence-electron chi connectivity index (χ0n) is 18.0. The van der Waals surface area contributed by atoms with Crippen molar-refractivity contribution in [3.8, 4) is 0 Å². The average Bonchev–Trinajstić information content (AvgIpc) is 3.49. The highest BCUT2D eigenvalue weighted by atomic mass is 32.1. The first kappa shape index (κ1) is 21.4. The van der Waals surface area contributed by atoms with Crippen LogP contribution in [-0.2, 0) is 16.0 Å². The lowest BCUT2D eigenvalue weighted by Gasteiger charge is -2.36. The zero-order chi connectivity index (χ0) is 20.8. The molecule has 1 N–H and O–H groups in total. The lowest BCUT2D eigenvalue weighted by Crippen LogP contribution is -2.50. The first-order valence-electron chi connectivity index (χ1n) is 11.3. The third-order valence-corrected chi connectivity index (χ3v) is 7.21. The fourth-order valence-electron chi connectivity index (χ4n) is 4.48. The van der Waals surface area contributed by atoms with Gasteiger partial charge in [0, 0.05) is 70.6 Å². The van der Waals surface area contributed by atoms with Crippen LogP contribution in [0.2, 0.25) is 0 Å². The van der Waals surface area contributed by atoms with Gasteiger partial charge in [-0.2, -0.15) is 0 Å². The molecule has 0 aliphatic carbocycles. The number of rotatable bonds is 5. The third kappa shape index (κ3) is 5.24. The van der Waals surface area contributed by atoms with E-state index >= 15 is 0 Å². The summed E-state index contributed by atoms with van der Waals surface area (Å²) >= 11 is 1.76. The van der Waals surface area contributed by atoms with Gasteiger partial charge in [-0.25, -0.2) is 4.98 Å². The SMILES string of the molecule is CN=C(NCCc1csc(N2CCCC2)n1)N1CCC(C(=O)N2CCOCC2)CC1. The van der Waals surface area contributed by atoms with Gasteiger partial charge in [0.15, 0.2) is 11.1 Å². The van der Waals surface area contributed by atoms with E-state index in [4.69, 9.17) is 9.72 Å². The predicted molar refractivity (Wildman–Crippen MR) is 120 cm³/mol. The van der Waals surface area contributed by atoms with Crippen molar-refractivity contribution >= 4 is 28.3 Å². The number of guanidine groups is 1. The van der Waals surface area contributed by atoms with Crippen LogP contribution in [0.1, 0.15) is 31.4 Å². The summed E-state index contributed by atoms with van der Waals surface area (Å²) in [6.07, 6.45) is 5.24. The lowest BCUT2D eigenvalue weighted by atomic mass is 9.95. The van der Waals surface area contributed by atoms with Crippen LogP contribution in [0, 0.1) is 5.92 Å². The first-order valence-corrected chi connectivity index (χ1v) is 12.1. The van der Waals surface area contributed by atoms with E-state index in [9.17, 15) is 4.79 Å². The second-order valence-corrected chi connectivity index (χ2v) is 9.08. The number of aromatic nitrogens is 1. The van der Waals surface area contributed by atoms with E-state index in [0.717, 1.165) is 76.7 Å². The Hall–Kier alpha value is -1.87. The second-order valence-electron chi connectivity index (χ2n) is 8.24. The standard InChI is InChI=1S/C21H34N6O2S/c1-22-20(23-7-4-18-16-30-21(24-18)27-8-2-3-9-27)26-10-5-17(6-11-26)19(28)25-12-14-29-15-13-25/h16-17H,2-15H2,1H3,(H,22,23). The fourth-order valence-corrected chi connectivity index (χ4v) is 5.39. The quantitative estimate of drug-likeness (QED) is 0.558. The smallest absolute Gasteiger partial charge is 0.225 e. The Morgan fingerprint density at radius 3 is 2.60 bits per heavy atom. The molecule has 4 rings (SSSR count). The van der Waals surface area contributed by atoms with E-state index in [-0.39, 0.29) is 5.92 Å². The number of carbonyl (C=O) groups excluding carboxylic acids is 1. The van der Waals surface area contributed by atoms with Crippen molar-refractivity contribution in [3.63, 3.8) is 0 Å². The fraction of sp³-hybridized carbons (Fsp3) is 0.762. The predicted octanol–water partition coefficient (Wildman–Crippen LogP) is 1.43. The minimum absolute atomic E-state index is 0.136. The molecule has 0 atom stereocenters. The summed E-state index contributed by atoms with van der Waals surface area (Å²) in [6, 6.07) is 0. The molecule has 0 unspecified atom stereocenters. The molecule has 0 spiro atoms. The number of anilines is 1. The zero-order valence-corrected chi connectivity index (χ0v) is 18.8. The highest BCUT2D eigenvalue weighted by Crippen LogP contribution is 2.24. The molecule has 1 amide bonds. The van der Waals surface area contributed by atoms with Crippen molar-refractivity contribution in [2.45, 2.75) is 32.1 Å². The van der Waals surface area contributed by atoms with Gasteiger partial charge >= 0.3 is 0 Å². The molecule has 3 fully saturated rings. The molecule has 0 radical (unpaired) electrons. The summed E-state index contributed by atoms with van der Waals surface area (Å²) < 4.78 is 5.36. The van der Waals surface area contributed by atoms with Crippen LogP contribution in [0.5, 0.6) is 0 Å². The van der Waals surface area contributed by atoms with E-state index in [1.165, 1.54) is 18.0 Å². The monoisotopic (exact) mass is 434 g/mol. The molecule has 0 saturated carbocycles. The number of hydrogen-bond donors (Lipinski definition) is 1. The number of likely N-dealkylation sites (tertiary alicyclic amines) is 1. The molecule has 30 heavy (non-hydrogen) atoms. The largest absolute Gasteiger partial charge is 0.378 e. The maximum absolute atomic E-state index is 12.7. The Bertz CT molecular complexity index is 719. The minimum atomic E-state index is 0.136. The number of hydrogen-bond acceptors (Lipinski definition) is 6. The van der Waals surface area contributed by atoms with E-state index in [0.29, 0.717) is 19.1 Å². The van der Waals surface area contributed by atoms with Gasteiger partial charge in [-0.15, -0.1) is 11.3 Å². The Morgan fingerprint density at radius 1 is 1.17 bits per heavy atom. The van der Waals surface area contributed by atoms with Crippen LogP contribution >= 0.6 is 11.3 Å². The van der Waals surface area contributed by atoms with Crippen molar-refractivity contribution in [3.05, 3.63) is 11.1 Å². The molecule has 0 aromatic carbocycles. The maximum Gasteiger partial charge on any atom is 0.225 e. The summed E-state index contributed by atoms with van der Waals surface area (Å²) in [5.41, 5.74) is 1.15. The van der Waals surface area contributed by atoms with Crippen molar-refractivity contribution in [2.75, 3.05) is 71.0 Å². The van der Waals surface area contributed by atoms with Gasteiger partial charge in [-0.05, 0) is 25.7 Å². The van der Waals surface area contributed by atoms with Crippen LogP contribution in [0.15, 0.2) is 10.4 Å². The maximum atomic E-state index is 12.7. The van der Waals surface area contributed by atoms with Gasteiger partial charge in [-0.1, -0.05) is 0 Å². The Kier molecular flexibility index (Phi) is 7.43. The van der Waals surface area contributed by atoms with Crippen LogP contribution in [0.4, 0.5) is 5.13 Å². The van der Waals surface area contributed by atoms with Crippen LogP contribution < -0.4 is 10.2 Å². The normalized spacial score (nSPS) is 21.4. The Balaban J connectivity index is 1.20. The summed E-state index contributed by atoms with van der Waals surface area (Å²) in [7, 11) is 1.83. The van der Waals surface area contributed by atoms with Crippen LogP contribution in [-0.4, -0.2) is 92.7 Å². The molecular formula is C21H34N6O2S. The number of carbonyl (C=O) groups is 1. The molecule has 4 heterocycles. The van der Waals surface area contributed by atoms with Crippen molar-refractivity contribution < 1.29 is 9.53 Å². The van der Waals surface area contributed by atoms with Crippen molar-refractivity contribution in [1.29, 1.82) is 0 Å². The summed E-state index contributed by atoms with van der Waals surface area (Å²) in [6.45, 7) is 7.65. The van der Waals surface area contributed by atoms with Gasteiger partial charge in [-0.3, -0.25) is 9.79 Å². The summed E-state index contributed by atoms with van der Waals surface area (Å²) in [5.74, 6) is 1.37. The number of thiazole rings is 1. The van der Waals surface area contributed by atoms with Crippen LogP contribution in [0.25, 0.3) is 0 Å². The van der Waals surface area contributed by atoms with Gasteiger partial charge in [0.25, 0.3) is 0 Å². The number of morpholine rings is 1. The van der Waals surface area contributed by atoms with Gasteiger partial charge in [0.05, 0.1) is 18.9 Å². The van der Waals surface area contributed by atoms with Gasteiger partial charge in [0.1, 0.15) is 0 Å². The molecule has 9 heteroatoms. The second kappa shape index (κ2) is 10.4. The molecule has 3 aliphatic rings. The first-order chi connectivity index (χ1) is 14.7. The highest BCUT2D eigenvalue weighted by molar-refractivity contribution is 7.13. The molecule has 8 nitrogen and oxygen atoms in total. The number of piperidine rings is 1. The average molecular weight is 435 g/mol. The van der Waals surface area contributed by atoms with Crippen LogP contribution in [0.3, 0.4) is 0 Å². The highest BCUT2D eigenvalue weighted by Gasteiger charge is 2.30. The molecule has 1 aromatic rings. The van der Waals surface area contributed by atoms with Crippen molar-refractivity contribution in [1.82, 2.24) is 20.1 Å². The Labute approximate surface area is 183 Å². The number of aliphatic imine (C=N–C) groups is 1. The van der Waals surface area contributed by atoms with E-state index in [1.54, 1.807) is 11.3 Å². The number of amides is 1. The molecule has 0 bridgehead atoms. The molecule has 166 valence electrons. The Morgan fingerprint density at radius 2 is 1.90 bits per heavy atom. The van der Waals surface area contributed by atoms with E-state index in [2.05, 4.69) is 25.5 Å². The van der Waals surface area contributed by atoms with Gasteiger partial charge in [0.2, 0.25) is 5.91 Å². The third-order valence-electron chi connectivity index (χ3n) is 6.26. The van der Waals surface area contributed by atoms with Crippen molar-refractivity contribution in [2.24, 2.45) is 10.9 Å². The molecule has 3 aliphatic heterocycles. The molecule has 3 saturated heterocycles. The number of nitrogens with zero attached hydrogens (tertiary/aromatic N) is 5. The van der Waals surface area contributed by atoms with E-state index in [1.807, 2.05) is 11.9 Å². The summed E-state index contributed by atoms with van der Waals surface area (Å²) in [4.78, 5) is 28.6. The van der Waals surface area contributed by atoms with Gasteiger partial charge < -0.3 is 24.8 Å². The minimum Gasteiger partial charge on any atom is -0.378 e.